The average molecular weight is 305 g/mol. The molecule has 0 spiro atoms. The minimum Gasteiger partial charge on any atom is -0.396 e. The fraction of sp³-hybridized carbons (Fsp3) is 0.625. The lowest BCUT2D eigenvalue weighted by Crippen LogP contribution is -2.53. The molecule has 0 radical (unpaired) electrons. The lowest BCUT2D eigenvalue weighted by Gasteiger charge is -2.41. The molecule has 1 atom stereocenters. The van der Waals surface area contributed by atoms with E-state index in [2.05, 4.69) is 39.7 Å². The third-order valence-corrected chi connectivity index (χ3v) is 4.02. The van der Waals surface area contributed by atoms with Crippen LogP contribution in [0.2, 0.25) is 0 Å². The van der Waals surface area contributed by atoms with E-state index in [0.29, 0.717) is 12.0 Å². The number of allylic oxidation sites excluding steroid dienone is 1. The van der Waals surface area contributed by atoms with Crippen LogP contribution in [0.4, 0.5) is 5.95 Å². The summed E-state index contributed by atoms with van der Waals surface area (Å²) in [5.74, 6) is 0.313. The number of nitrogens with zero attached hydrogens (tertiary/aromatic N) is 4. The van der Waals surface area contributed by atoms with E-state index in [4.69, 9.17) is 5.73 Å². The fourth-order valence-corrected chi connectivity index (χ4v) is 2.77. The average Bonchev–Trinajstić information content (AvgIpc) is 2.49. The highest BCUT2D eigenvalue weighted by molar-refractivity contribution is 5.17. The molecule has 0 bridgehead atoms. The zero-order valence-corrected chi connectivity index (χ0v) is 13.6. The van der Waals surface area contributed by atoms with Gasteiger partial charge in [0.15, 0.2) is 0 Å². The number of nitrogens with two attached hydrogens (primary N) is 1. The molecule has 122 valence electrons. The van der Waals surface area contributed by atoms with E-state index in [-0.39, 0.29) is 6.61 Å². The van der Waals surface area contributed by atoms with Gasteiger partial charge in [-0.1, -0.05) is 11.6 Å². The fourth-order valence-electron chi connectivity index (χ4n) is 2.77. The number of piperazine rings is 1. The molecule has 0 unspecified atom stereocenters. The smallest absolute Gasteiger partial charge is 0.219 e. The molecule has 22 heavy (non-hydrogen) atoms. The molecule has 1 aliphatic heterocycles. The van der Waals surface area contributed by atoms with Crippen molar-refractivity contribution in [1.29, 1.82) is 0 Å². The van der Waals surface area contributed by atoms with Gasteiger partial charge in [0, 0.05) is 63.3 Å². The van der Waals surface area contributed by atoms with Crippen molar-refractivity contribution in [2.24, 2.45) is 0 Å². The van der Waals surface area contributed by atoms with Crippen LogP contribution >= 0.6 is 0 Å². The van der Waals surface area contributed by atoms with Gasteiger partial charge in [-0.3, -0.25) is 9.80 Å². The van der Waals surface area contributed by atoms with Gasteiger partial charge in [0.05, 0.1) is 0 Å². The molecule has 0 saturated carbocycles. The molecule has 6 nitrogen and oxygen atoms in total. The lowest BCUT2D eigenvalue weighted by atomic mass is 10.1. The second-order valence-corrected chi connectivity index (χ2v) is 6.13. The molecule has 3 N–H and O–H groups in total. The van der Waals surface area contributed by atoms with E-state index in [1.807, 2.05) is 0 Å². The Hall–Kier alpha value is -1.50. The maximum atomic E-state index is 9.33. The van der Waals surface area contributed by atoms with Crippen molar-refractivity contribution in [3.63, 3.8) is 0 Å². The number of hydrogen-bond acceptors (Lipinski definition) is 6. The molecule has 1 fully saturated rings. The number of rotatable bonds is 6. The number of anilines is 1. The molecule has 1 aromatic rings. The Morgan fingerprint density at radius 1 is 1.36 bits per heavy atom. The van der Waals surface area contributed by atoms with Gasteiger partial charge in [-0.2, -0.15) is 0 Å². The van der Waals surface area contributed by atoms with Gasteiger partial charge in [-0.15, -0.1) is 0 Å². The first-order valence-corrected chi connectivity index (χ1v) is 7.85. The SMILES string of the molecule is CC(C)=CCN1CCN(Cc2cnc(N)nc2)C[C@H]1CCO. The molecule has 1 aromatic heterocycles. The summed E-state index contributed by atoms with van der Waals surface area (Å²) < 4.78 is 0. The number of hydrogen-bond donors (Lipinski definition) is 2. The van der Waals surface area contributed by atoms with E-state index in [1.165, 1.54) is 5.57 Å². The monoisotopic (exact) mass is 305 g/mol. The van der Waals surface area contributed by atoms with Crippen molar-refractivity contribution in [3.8, 4) is 0 Å². The van der Waals surface area contributed by atoms with Gasteiger partial charge in [-0.05, 0) is 20.3 Å². The van der Waals surface area contributed by atoms with Crippen LogP contribution in [0.25, 0.3) is 0 Å². The molecule has 6 heteroatoms. The van der Waals surface area contributed by atoms with Gasteiger partial charge in [-0.25, -0.2) is 9.97 Å². The van der Waals surface area contributed by atoms with Crippen molar-refractivity contribution in [2.45, 2.75) is 32.9 Å². The second-order valence-electron chi connectivity index (χ2n) is 6.13. The molecule has 0 aliphatic carbocycles. The summed E-state index contributed by atoms with van der Waals surface area (Å²) in [5.41, 5.74) is 7.94. The Bertz CT molecular complexity index is 484. The third kappa shape index (κ3) is 5.05. The van der Waals surface area contributed by atoms with Crippen molar-refractivity contribution in [3.05, 3.63) is 29.6 Å². The highest BCUT2D eigenvalue weighted by Crippen LogP contribution is 2.15. The van der Waals surface area contributed by atoms with Gasteiger partial charge in [0.2, 0.25) is 5.95 Å². The Morgan fingerprint density at radius 2 is 2.09 bits per heavy atom. The number of aliphatic hydroxyl groups is 1. The van der Waals surface area contributed by atoms with Crippen LogP contribution in [0.15, 0.2) is 24.0 Å². The van der Waals surface area contributed by atoms with E-state index in [1.54, 1.807) is 12.4 Å². The van der Waals surface area contributed by atoms with Crippen LogP contribution < -0.4 is 5.73 Å². The molecule has 1 saturated heterocycles. The molecule has 0 amide bonds. The Balaban J connectivity index is 1.93. The maximum absolute atomic E-state index is 9.33. The largest absolute Gasteiger partial charge is 0.396 e. The van der Waals surface area contributed by atoms with E-state index >= 15 is 0 Å². The molecule has 2 rings (SSSR count). The Labute approximate surface area is 132 Å². The maximum Gasteiger partial charge on any atom is 0.219 e. The summed E-state index contributed by atoms with van der Waals surface area (Å²) in [5, 5.41) is 9.33. The summed E-state index contributed by atoms with van der Waals surface area (Å²) >= 11 is 0. The van der Waals surface area contributed by atoms with Crippen molar-refractivity contribution in [1.82, 2.24) is 19.8 Å². The Morgan fingerprint density at radius 3 is 2.73 bits per heavy atom. The molecular formula is C16H27N5O. The van der Waals surface area contributed by atoms with Crippen molar-refractivity contribution < 1.29 is 5.11 Å². The van der Waals surface area contributed by atoms with Gasteiger partial charge in [0.25, 0.3) is 0 Å². The van der Waals surface area contributed by atoms with Crippen molar-refractivity contribution in [2.75, 3.05) is 38.5 Å². The molecule has 1 aliphatic rings. The summed E-state index contributed by atoms with van der Waals surface area (Å²) in [6.45, 7) is 9.27. The number of aromatic nitrogens is 2. The topological polar surface area (TPSA) is 78.5 Å². The summed E-state index contributed by atoms with van der Waals surface area (Å²) in [7, 11) is 0. The number of aliphatic hydroxyl groups excluding tert-OH is 1. The van der Waals surface area contributed by atoms with E-state index in [0.717, 1.165) is 44.7 Å². The Kier molecular flexibility index (Phi) is 6.30. The summed E-state index contributed by atoms with van der Waals surface area (Å²) in [4.78, 5) is 12.9. The van der Waals surface area contributed by atoms with Gasteiger partial charge >= 0.3 is 0 Å². The van der Waals surface area contributed by atoms with E-state index in [9.17, 15) is 5.11 Å². The predicted octanol–water partition coefficient (Wildman–Crippen LogP) is 0.894. The quantitative estimate of drug-likeness (QED) is 0.760. The number of nitrogen functional groups attached to an aromatic ring is 1. The standard InChI is InChI=1S/C16H27N5O/c1-13(2)3-5-21-7-6-20(12-15(21)4-8-22)11-14-9-18-16(17)19-10-14/h3,9-10,15,22H,4-8,11-12H2,1-2H3,(H2,17,18,19)/t15-/m1/s1. The van der Waals surface area contributed by atoms with Crippen LogP contribution in [-0.2, 0) is 6.54 Å². The van der Waals surface area contributed by atoms with Gasteiger partial charge in [0.1, 0.15) is 0 Å². The van der Waals surface area contributed by atoms with Gasteiger partial charge < -0.3 is 10.8 Å². The van der Waals surface area contributed by atoms with Crippen LogP contribution in [0.1, 0.15) is 25.8 Å². The molecular weight excluding hydrogens is 278 g/mol. The van der Waals surface area contributed by atoms with Crippen LogP contribution in [0, 0.1) is 0 Å². The van der Waals surface area contributed by atoms with Crippen LogP contribution in [0.5, 0.6) is 0 Å². The highest BCUT2D eigenvalue weighted by atomic mass is 16.3. The highest BCUT2D eigenvalue weighted by Gasteiger charge is 2.25. The van der Waals surface area contributed by atoms with Crippen LogP contribution in [-0.4, -0.2) is 63.7 Å². The first kappa shape index (κ1) is 16.9. The zero-order chi connectivity index (χ0) is 15.9. The first-order chi connectivity index (χ1) is 10.6. The second kappa shape index (κ2) is 8.22. The first-order valence-electron chi connectivity index (χ1n) is 7.85. The van der Waals surface area contributed by atoms with E-state index < -0.39 is 0 Å². The minimum absolute atomic E-state index is 0.231. The lowest BCUT2D eigenvalue weighted by molar-refractivity contribution is 0.0635. The normalized spacial score (nSPS) is 20.0. The minimum atomic E-state index is 0.231. The summed E-state index contributed by atoms with van der Waals surface area (Å²) in [6, 6.07) is 0.393. The molecule has 0 aromatic carbocycles. The summed E-state index contributed by atoms with van der Waals surface area (Å²) in [6.07, 6.45) is 6.65. The molecule has 2 heterocycles. The van der Waals surface area contributed by atoms with Crippen molar-refractivity contribution >= 4 is 5.95 Å². The van der Waals surface area contributed by atoms with Crippen LogP contribution in [0.3, 0.4) is 0 Å². The zero-order valence-electron chi connectivity index (χ0n) is 13.6. The third-order valence-electron chi connectivity index (χ3n) is 4.02. The predicted molar refractivity (Wildman–Crippen MR) is 88.2 cm³/mol.